The molecule has 0 bridgehead atoms. The van der Waals surface area contributed by atoms with Gasteiger partial charge in [0.15, 0.2) is 0 Å². The summed E-state index contributed by atoms with van der Waals surface area (Å²) in [6, 6.07) is 8.29. The van der Waals surface area contributed by atoms with Crippen LogP contribution in [-0.4, -0.2) is 24.6 Å². The second-order valence-electron chi connectivity index (χ2n) is 4.88. The van der Waals surface area contributed by atoms with Gasteiger partial charge in [-0.15, -0.1) is 0 Å². The first-order valence-electron chi connectivity index (χ1n) is 6.77. The molecule has 0 fully saturated rings. The van der Waals surface area contributed by atoms with Gasteiger partial charge in [-0.1, -0.05) is 12.6 Å². The molecular formula is C16H9FN6. The van der Waals surface area contributed by atoms with Crippen LogP contribution >= 0.6 is 0 Å². The summed E-state index contributed by atoms with van der Waals surface area (Å²) >= 11 is 0. The van der Waals surface area contributed by atoms with Crippen molar-refractivity contribution < 1.29 is 4.39 Å². The van der Waals surface area contributed by atoms with Crippen molar-refractivity contribution in [3.63, 3.8) is 0 Å². The second-order valence-corrected chi connectivity index (χ2v) is 4.88. The lowest BCUT2D eigenvalue weighted by Gasteiger charge is -2.03. The van der Waals surface area contributed by atoms with Crippen molar-refractivity contribution in [3.05, 3.63) is 66.3 Å². The van der Waals surface area contributed by atoms with Crippen LogP contribution in [0.2, 0.25) is 0 Å². The van der Waals surface area contributed by atoms with E-state index < -0.39 is 5.95 Å². The predicted molar refractivity (Wildman–Crippen MR) is 82.2 cm³/mol. The molecule has 1 N–H and O–H groups in total. The van der Waals surface area contributed by atoms with Crippen molar-refractivity contribution in [2.45, 2.75) is 0 Å². The van der Waals surface area contributed by atoms with Crippen LogP contribution in [0.25, 0.3) is 33.0 Å². The molecule has 0 atom stereocenters. The van der Waals surface area contributed by atoms with E-state index in [2.05, 4.69) is 25.0 Å². The number of imidazole rings is 1. The molecule has 0 radical (unpaired) electrons. The van der Waals surface area contributed by atoms with Crippen LogP contribution < -0.4 is 0 Å². The Labute approximate surface area is 130 Å². The van der Waals surface area contributed by atoms with Crippen LogP contribution in [0.3, 0.4) is 0 Å². The van der Waals surface area contributed by atoms with Crippen molar-refractivity contribution in [2.75, 3.05) is 0 Å². The van der Waals surface area contributed by atoms with Gasteiger partial charge in [-0.05, 0) is 18.2 Å². The average molecular weight is 304 g/mol. The molecule has 4 aromatic heterocycles. The maximum absolute atomic E-state index is 13.4. The standard InChI is InChI=1S/C16H9FN6/c1-18-15-8-19-14-6-5-10(9-23(14)15)11-7-20-22-16(11)12-3-2-4-13(17)21-12/h2-9H,(H,20,22). The SMILES string of the molecule is [C-]#[N+]c1cnc2ccc(-c3cn[nH]c3-c3cccc(F)n3)cn12. The highest BCUT2D eigenvalue weighted by molar-refractivity contribution is 5.79. The summed E-state index contributed by atoms with van der Waals surface area (Å²) in [5, 5.41) is 6.90. The summed E-state index contributed by atoms with van der Waals surface area (Å²) in [7, 11) is 0. The molecule has 0 unspecified atom stereocenters. The Balaban J connectivity index is 1.89. The van der Waals surface area contributed by atoms with Crippen LogP contribution in [-0.2, 0) is 0 Å². The number of aromatic nitrogens is 5. The van der Waals surface area contributed by atoms with Gasteiger partial charge in [0, 0.05) is 17.2 Å². The van der Waals surface area contributed by atoms with E-state index in [4.69, 9.17) is 6.57 Å². The molecule has 23 heavy (non-hydrogen) atoms. The van der Waals surface area contributed by atoms with Gasteiger partial charge in [0.2, 0.25) is 11.6 Å². The lowest BCUT2D eigenvalue weighted by Crippen LogP contribution is -1.91. The van der Waals surface area contributed by atoms with Crippen molar-refractivity contribution in [2.24, 2.45) is 0 Å². The number of hydrogen-bond donors (Lipinski definition) is 1. The number of H-pyrrole nitrogens is 1. The number of fused-ring (bicyclic) bond motifs is 1. The number of nitrogens with zero attached hydrogens (tertiary/aromatic N) is 5. The number of rotatable bonds is 2. The van der Waals surface area contributed by atoms with Crippen LogP contribution in [0.1, 0.15) is 0 Å². The van der Waals surface area contributed by atoms with Gasteiger partial charge in [0.25, 0.3) is 5.82 Å². The molecule has 0 amide bonds. The fourth-order valence-electron chi connectivity index (χ4n) is 2.46. The number of hydrogen-bond acceptors (Lipinski definition) is 3. The Morgan fingerprint density at radius 1 is 1.17 bits per heavy atom. The van der Waals surface area contributed by atoms with Crippen molar-refractivity contribution in [1.29, 1.82) is 0 Å². The Morgan fingerprint density at radius 3 is 2.91 bits per heavy atom. The molecule has 0 aliphatic carbocycles. The lowest BCUT2D eigenvalue weighted by molar-refractivity contribution is 0.585. The smallest absolute Gasteiger partial charge is 0.254 e. The molecule has 6 nitrogen and oxygen atoms in total. The minimum atomic E-state index is -0.552. The molecule has 4 aromatic rings. The molecule has 4 heterocycles. The van der Waals surface area contributed by atoms with E-state index in [1.807, 2.05) is 18.3 Å². The highest BCUT2D eigenvalue weighted by Crippen LogP contribution is 2.30. The normalized spacial score (nSPS) is 10.8. The summed E-state index contributed by atoms with van der Waals surface area (Å²) in [5.74, 6) is -0.126. The number of pyridine rings is 2. The first-order valence-corrected chi connectivity index (χ1v) is 6.77. The first kappa shape index (κ1) is 13.2. The molecule has 110 valence electrons. The summed E-state index contributed by atoms with van der Waals surface area (Å²) < 4.78 is 15.1. The molecule has 0 aliphatic heterocycles. The van der Waals surface area contributed by atoms with Gasteiger partial charge >= 0.3 is 0 Å². The Hall–Kier alpha value is -3.53. The monoisotopic (exact) mass is 304 g/mol. The summed E-state index contributed by atoms with van der Waals surface area (Å²) in [6.07, 6.45) is 4.98. The maximum atomic E-state index is 13.4. The lowest BCUT2D eigenvalue weighted by atomic mass is 10.1. The topological polar surface area (TPSA) is 63.2 Å². The van der Waals surface area contributed by atoms with Crippen molar-refractivity contribution in [1.82, 2.24) is 24.6 Å². The number of halogens is 1. The zero-order chi connectivity index (χ0) is 15.8. The molecular weight excluding hydrogens is 295 g/mol. The van der Waals surface area contributed by atoms with Gasteiger partial charge in [0.1, 0.15) is 0 Å². The van der Waals surface area contributed by atoms with Crippen LogP contribution in [0, 0.1) is 12.5 Å². The van der Waals surface area contributed by atoms with E-state index in [0.29, 0.717) is 22.9 Å². The number of aromatic amines is 1. The van der Waals surface area contributed by atoms with Gasteiger partial charge < -0.3 is 4.85 Å². The molecule has 0 aliphatic rings. The third kappa shape index (κ3) is 2.13. The third-order valence-corrected chi connectivity index (χ3v) is 3.52. The summed E-state index contributed by atoms with van der Waals surface area (Å²) in [6.45, 7) is 7.18. The van der Waals surface area contributed by atoms with Gasteiger partial charge in [-0.2, -0.15) is 9.49 Å². The van der Waals surface area contributed by atoms with E-state index in [9.17, 15) is 4.39 Å². The molecule has 0 aromatic carbocycles. The molecule has 0 saturated heterocycles. The van der Waals surface area contributed by atoms with Gasteiger partial charge in [-0.25, -0.2) is 14.4 Å². The fraction of sp³-hybridized carbons (Fsp3) is 0. The Kier molecular flexibility index (Phi) is 2.88. The zero-order valence-corrected chi connectivity index (χ0v) is 11.7. The Morgan fingerprint density at radius 2 is 2.09 bits per heavy atom. The van der Waals surface area contributed by atoms with E-state index in [0.717, 1.165) is 11.1 Å². The molecule has 0 saturated carbocycles. The van der Waals surface area contributed by atoms with E-state index in [1.165, 1.54) is 12.3 Å². The second kappa shape index (κ2) is 5.03. The minimum absolute atomic E-state index is 0.427. The van der Waals surface area contributed by atoms with Crippen LogP contribution in [0.15, 0.2) is 48.9 Å². The van der Waals surface area contributed by atoms with Crippen molar-refractivity contribution in [3.8, 4) is 22.5 Å². The largest absolute Gasteiger partial charge is 0.362 e. The highest BCUT2D eigenvalue weighted by atomic mass is 19.1. The van der Waals surface area contributed by atoms with Gasteiger partial charge in [0.05, 0.1) is 30.0 Å². The van der Waals surface area contributed by atoms with E-state index in [1.54, 1.807) is 22.7 Å². The first-order chi connectivity index (χ1) is 11.3. The summed E-state index contributed by atoms with van der Waals surface area (Å²) in [4.78, 5) is 11.5. The predicted octanol–water partition coefficient (Wildman–Crippen LogP) is 3.48. The van der Waals surface area contributed by atoms with E-state index >= 15 is 0 Å². The van der Waals surface area contributed by atoms with E-state index in [-0.39, 0.29) is 0 Å². The summed E-state index contributed by atoms with van der Waals surface area (Å²) in [5.41, 5.74) is 3.38. The van der Waals surface area contributed by atoms with Gasteiger partial charge in [-0.3, -0.25) is 5.10 Å². The highest BCUT2D eigenvalue weighted by Gasteiger charge is 2.14. The fourth-order valence-corrected chi connectivity index (χ4v) is 2.46. The molecule has 7 heteroatoms. The maximum Gasteiger partial charge on any atom is 0.254 e. The molecule has 0 spiro atoms. The van der Waals surface area contributed by atoms with Crippen molar-refractivity contribution >= 4 is 11.5 Å². The zero-order valence-electron chi connectivity index (χ0n) is 11.7. The minimum Gasteiger partial charge on any atom is -0.362 e. The Bertz CT molecular complexity index is 1060. The average Bonchev–Trinajstić information content (AvgIpc) is 3.21. The van der Waals surface area contributed by atoms with Crippen LogP contribution in [0.5, 0.6) is 0 Å². The quantitative estimate of drug-likeness (QED) is 0.455. The third-order valence-electron chi connectivity index (χ3n) is 3.52. The number of nitrogens with one attached hydrogen (secondary N) is 1. The molecule has 4 rings (SSSR count). The van der Waals surface area contributed by atoms with Crippen LogP contribution in [0.4, 0.5) is 10.2 Å².